The van der Waals surface area contributed by atoms with E-state index in [4.69, 9.17) is 9.51 Å². The van der Waals surface area contributed by atoms with E-state index in [1.54, 1.807) is 0 Å². The van der Waals surface area contributed by atoms with Crippen molar-refractivity contribution >= 4 is 16.7 Å². The third-order valence-electron chi connectivity index (χ3n) is 4.92. The van der Waals surface area contributed by atoms with E-state index in [0.29, 0.717) is 17.8 Å². The Morgan fingerprint density at radius 1 is 1.16 bits per heavy atom. The van der Waals surface area contributed by atoms with Crippen LogP contribution in [-0.4, -0.2) is 21.2 Å². The molecule has 1 aliphatic carbocycles. The standard InChI is InChI=1S/C20H24N4O/c1-12(2)20-23-19(24-25-20)16-11-14-8-6-7-13(3)17(14)22-18(16)21-15-9-4-5-10-15/h6-8,11-12,15H,4-5,9-10H2,1-3H3,(H,21,22). The molecule has 1 aromatic carbocycles. The van der Waals surface area contributed by atoms with Gasteiger partial charge in [-0.2, -0.15) is 4.98 Å². The number of aromatic nitrogens is 3. The number of aryl methyl sites for hydroxylation is 1. The molecule has 0 atom stereocenters. The van der Waals surface area contributed by atoms with Crippen LogP contribution in [0.4, 0.5) is 5.82 Å². The maximum atomic E-state index is 5.42. The molecule has 130 valence electrons. The number of benzene rings is 1. The number of hydrogen-bond acceptors (Lipinski definition) is 5. The SMILES string of the molecule is Cc1cccc2cc(-c3noc(C(C)C)n3)c(NC3CCCC3)nc12. The van der Waals surface area contributed by atoms with E-state index >= 15 is 0 Å². The van der Waals surface area contributed by atoms with Crippen molar-refractivity contribution in [2.45, 2.75) is 58.4 Å². The highest BCUT2D eigenvalue weighted by Crippen LogP contribution is 2.32. The van der Waals surface area contributed by atoms with E-state index < -0.39 is 0 Å². The molecule has 0 bridgehead atoms. The lowest BCUT2D eigenvalue weighted by Crippen LogP contribution is -2.16. The lowest BCUT2D eigenvalue weighted by molar-refractivity contribution is 0.365. The van der Waals surface area contributed by atoms with Gasteiger partial charge in [-0.05, 0) is 31.4 Å². The van der Waals surface area contributed by atoms with Crippen molar-refractivity contribution < 1.29 is 4.52 Å². The van der Waals surface area contributed by atoms with Crippen LogP contribution in [0.3, 0.4) is 0 Å². The molecular formula is C20H24N4O. The molecule has 0 radical (unpaired) electrons. The summed E-state index contributed by atoms with van der Waals surface area (Å²) in [6.45, 7) is 6.20. The van der Waals surface area contributed by atoms with Crippen molar-refractivity contribution in [3.05, 3.63) is 35.7 Å². The number of para-hydroxylation sites is 1. The molecule has 1 saturated carbocycles. The van der Waals surface area contributed by atoms with Gasteiger partial charge in [0, 0.05) is 17.3 Å². The van der Waals surface area contributed by atoms with Crippen LogP contribution in [0.25, 0.3) is 22.3 Å². The molecule has 1 aliphatic rings. The minimum Gasteiger partial charge on any atom is -0.367 e. The molecule has 1 fully saturated rings. The summed E-state index contributed by atoms with van der Waals surface area (Å²) < 4.78 is 5.42. The molecule has 0 spiro atoms. The summed E-state index contributed by atoms with van der Waals surface area (Å²) in [6.07, 6.45) is 4.94. The second-order valence-corrected chi connectivity index (χ2v) is 7.27. The van der Waals surface area contributed by atoms with Gasteiger partial charge in [0.2, 0.25) is 11.7 Å². The maximum absolute atomic E-state index is 5.42. The summed E-state index contributed by atoms with van der Waals surface area (Å²) in [6, 6.07) is 8.84. The average Bonchev–Trinajstić information content (AvgIpc) is 3.26. The summed E-state index contributed by atoms with van der Waals surface area (Å²) in [5.74, 6) is 2.35. The van der Waals surface area contributed by atoms with Gasteiger partial charge in [-0.25, -0.2) is 4.98 Å². The molecule has 0 unspecified atom stereocenters. The van der Waals surface area contributed by atoms with Crippen LogP contribution >= 0.6 is 0 Å². The van der Waals surface area contributed by atoms with Crippen molar-refractivity contribution in [3.63, 3.8) is 0 Å². The van der Waals surface area contributed by atoms with Crippen molar-refractivity contribution in [1.29, 1.82) is 0 Å². The smallest absolute Gasteiger partial charge is 0.229 e. The minimum atomic E-state index is 0.211. The summed E-state index contributed by atoms with van der Waals surface area (Å²) in [5.41, 5.74) is 3.12. The Morgan fingerprint density at radius 3 is 2.68 bits per heavy atom. The normalized spacial score (nSPS) is 15.4. The number of fused-ring (bicyclic) bond motifs is 1. The first-order valence-corrected chi connectivity index (χ1v) is 9.12. The van der Waals surface area contributed by atoms with Crippen LogP contribution in [0.1, 0.15) is 56.9 Å². The summed E-state index contributed by atoms with van der Waals surface area (Å²) in [4.78, 5) is 9.52. The van der Waals surface area contributed by atoms with Crippen molar-refractivity contribution in [2.75, 3.05) is 5.32 Å². The van der Waals surface area contributed by atoms with Gasteiger partial charge >= 0.3 is 0 Å². The molecule has 4 rings (SSSR count). The van der Waals surface area contributed by atoms with Crippen molar-refractivity contribution in [2.24, 2.45) is 0 Å². The van der Waals surface area contributed by atoms with Crippen LogP contribution in [0.5, 0.6) is 0 Å². The number of pyridine rings is 1. The number of hydrogen-bond donors (Lipinski definition) is 1. The average molecular weight is 336 g/mol. The molecular weight excluding hydrogens is 312 g/mol. The number of rotatable bonds is 4. The first kappa shape index (κ1) is 16.1. The lowest BCUT2D eigenvalue weighted by Gasteiger charge is -2.16. The van der Waals surface area contributed by atoms with E-state index in [-0.39, 0.29) is 5.92 Å². The van der Waals surface area contributed by atoms with Crippen LogP contribution in [0.2, 0.25) is 0 Å². The Labute approximate surface area is 147 Å². The highest BCUT2D eigenvalue weighted by atomic mass is 16.5. The van der Waals surface area contributed by atoms with E-state index in [0.717, 1.165) is 22.3 Å². The van der Waals surface area contributed by atoms with Gasteiger partial charge in [0.05, 0.1) is 11.1 Å². The van der Waals surface area contributed by atoms with Crippen LogP contribution in [0.15, 0.2) is 28.8 Å². The van der Waals surface area contributed by atoms with E-state index in [2.05, 4.69) is 60.5 Å². The summed E-state index contributed by atoms with van der Waals surface area (Å²) in [5, 5.41) is 8.94. The third-order valence-corrected chi connectivity index (χ3v) is 4.92. The predicted molar refractivity (Wildman–Crippen MR) is 99.7 cm³/mol. The number of anilines is 1. The number of nitrogens with one attached hydrogen (secondary N) is 1. The van der Waals surface area contributed by atoms with Crippen LogP contribution in [-0.2, 0) is 0 Å². The fraction of sp³-hybridized carbons (Fsp3) is 0.450. The summed E-state index contributed by atoms with van der Waals surface area (Å²) >= 11 is 0. The van der Waals surface area contributed by atoms with Gasteiger partial charge < -0.3 is 9.84 Å². The van der Waals surface area contributed by atoms with Gasteiger partial charge in [0.15, 0.2) is 0 Å². The quantitative estimate of drug-likeness (QED) is 0.720. The lowest BCUT2D eigenvalue weighted by atomic mass is 10.1. The van der Waals surface area contributed by atoms with E-state index in [1.165, 1.54) is 31.2 Å². The van der Waals surface area contributed by atoms with Crippen molar-refractivity contribution in [1.82, 2.24) is 15.1 Å². The Bertz CT molecular complexity index is 894. The monoisotopic (exact) mass is 336 g/mol. The first-order valence-electron chi connectivity index (χ1n) is 9.12. The molecule has 0 aliphatic heterocycles. The minimum absolute atomic E-state index is 0.211. The molecule has 0 saturated heterocycles. The van der Waals surface area contributed by atoms with E-state index in [9.17, 15) is 0 Å². The molecule has 5 nitrogen and oxygen atoms in total. The zero-order chi connectivity index (χ0) is 17.4. The Balaban J connectivity index is 1.83. The molecule has 25 heavy (non-hydrogen) atoms. The van der Waals surface area contributed by atoms with Gasteiger partial charge in [-0.15, -0.1) is 0 Å². The molecule has 2 heterocycles. The molecule has 3 aromatic rings. The highest BCUT2D eigenvalue weighted by molar-refractivity contribution is 5.89. The Kier molecular flexibility index (Phi) is 4.15. The van der Waals surface area contributed by atoms with Crippen LogP contribution in [0, 0.1) is 6.92 Å². The fourth-order valence-electron chi connectivity index (χ4n) is 3.47. The van der Waals surface area contributed by atoms with Crippen molar-refractivity contribution in [3.8, 4) is 11.4 Å². The van der Waals surface area contributed by atoms with Gasteiger partial charge in [-0.3, -0.25) is 0 Å². The fourth-order valence-corrected chi connectivity index (χ4v) is 3.47. The molecule has 0 amide bonds. The second-order valence-electron chi connectivity index (χ2n) is 7.27. The molecule has 5 heteroatoms. The largest absolute Gasteiger partial charge is 0.367 e. The second kappa shape index (κ2) is 6.47. The van der Waals surface area contributed by atoms with Gasteiger partial charge in [0.1, 0.15) is 5.82 Å². The Morgan fingerprint density at radius 2 is 1.96 bits per heavy atom. The maximum Gasteiger partial charge on any atom is 0.229 e. The van der Waals surface area contributed by atoms with Gasteiger partial charge in [0.25, 0.3) is 0 Å². The zero-order valence-electron chi connectivity index (χ0n) is 15.0. The third kappa shape index (κ3) is 3.11. The van der Waals surface area contributed by atoms with Gasteiger partial charge in [-0.1, -0.05) is 50.0 Å². The zero-order valence-corrected chi connectivity index (χ0v) is 15.0. The topological polar surface area (TPSA) is 63.8 Å². The van der Waals surface area contributed by atoms with Crippen LogP contribution < -0.4 is 5.32 Å². The summed E-state index contributed by atoms with van der Waals surface area (Å²) in [7, 11) is 0. The highest BCUT2D eigenvalue weighted by Gasteiger charge is 2.21. The first-order chi connectivity index (χ1) is 12.1. The Hall–Kier alpha value is -2.43. The molecule has 1 N–H and O–H groups in total. The molecule has 2 aromatic heterocycles. The van der Waals surface area contributed by atoms with E-state index in [1.807, 2.05) is 0 Å². The predicted octanol–water partition coefficient (Wildman–Crippen LogP) is 5.07. The number of nitrogens with zero attached hydrogens (tertiary/aromatic N) is 3.